The summed E-state index contributed by atoms with van der Waals surface area (Å²) in [7, 11) is 0. The van der Waals surface area contributed by atoms with E-state index in [0.29, 0.717) is 6.61 Å². The van der Waals surface area contributed by atoms with Crippen molar-refractivity contribution in [2.75, 3.05) is 6.61 Å². The van der Waals surface area contributed by atoms with Crippen LogP contribution in [0.1, 0.15) is 37.4 Å². The number of amides is 1. The van der Waals surface area contributed by atoms with Crippen molar-refractivity contribution in [3.63, 3.8) is 0 Å². The minimum Gasteiger partial charge on any atom is -0.465 e. The molecule has 0 bridgehead atoms. The third-order valence-electron chi connectivity index (χ3n) is 3.66. The van der Waals surface area contributed by atoms with Gasteiger partial charge in [-0.1, -0.05) is 74.5 Å². The normalized spacial score (nSPS) is 11.7. The molecule has 0 saturated carbocycles. The van der Waals surface area contributed by atoms with Gasteiger partial charge in [0.15, 0.2) is 0 Å². The lowest BCUT2D eigenvalue weighted by Gasteiger charge is -2.19. The van der Waals surface area contributed by atoms with Crippen molar-refractivity contribution in [2.24, 2.45) is 5.92 Å². The van der Waals surface area contributed by atoms with Crippen LogP contribution in [0.15, 0.2) is 60.7 Å². The fraction of sp³-hybridized carbons (Fsp3) is 0.333. The van der Waals surface area contributed by atoms with Crippen molar-refractivity contribution in [1.29, 1.82) is 0 Å². The summed E-state index contributed by atoms with van der Waals surface area (Å²) in [5.41, 5.74) is 1.72. The van der Waals surface area contributed by atoms with Crippen LogP contribution >= 0.6 is 0 Å². The van der Waals surface area contributed by atoms with Crippen LogP contribution in [0, 0.1) is 5.92 Å². The second-order valence-corrected chi connectivity index (χ2v) is 6.45. The van der Waals surface area contributed by atoms with Gasteiger partial charge in [-0.15, -0.1) is 0 Å². The molecular weight excluding hydrogens is 330 g/mol. The number of hydrogen-bond donors (Lipinski definition) is 1. The molecule has 0 aromatic heterocycles. The standard InChI is InChI=1S/C21H25NO4/c1-16(2)14-25-20(23)13-19(18-11-7-4-8-12-18)22-21(24)26-15-17-9-5-3-6-10-17/h3-12,16,19H,13-15H2,1-2H3,(H,22,24)/t19-/m0/s1. The summed E-state index contributed by atoms with van der Waals surface area (Å²) in [6.45, 7) is 4.48. The maximum absolute atomic E-state index is 12.2. The molecule has 2 aromatic carbocycles. The molecule has 5 heteroatoms. The topological polar surface area (TPSA) is 64.6 Å². The van der Waals surface area contributed by atoms with Gasteiger partial charge in [-0.05, 0) is 17.0 Å². The average Bonchev–Trinajstić information content (AvgIpc) is 2.66. The van der Waals surface area contributed by atoms with Crippen LogP contribution in [0.3, 0.4) is 0 Å². The van der Waals surface area contributed by atoms with Gasteiger partial charge in [0.2, 0.25) is 0 Å². The van der Waals surface area contributed by atoms with E-state index in [1.165, 1.54) is 0 Å². The summed E-state index contributed by atoms with van der Waals surface area (Å²) in [6.07, 6.45) is -0.517. The molecular formula is C21H25NO4. The molecule has 0 saturated heterocycles. The molecule has 138 valence electrons. The van der Waals surface area contributed by atoms with E-state index in [0.717, 1.165) is 11.1 Å². The highest BCUT2D eigenvalue weighted by Gasteiger charge is 2.20. The zero-order valence-corrected chi connectivity index (χ0v) is 15.2. The van der Waals surface area contributed by atoms with Crippen molar-refractivity contribution >= 4 is 12.1 Å². The fourth-order valence-corrected chi connectivity index (χ4v) is 2.33. The van der Waals surface area contributed by atoms with Crippen LogP contribution in [0.2, 0.25) is 0 Å². The number of benzene rings is 2. The Morgan fingerprint density at radius 3 is 2.15 bits per heavy atom. The first-order chi connectivity index (χ1) is 12.5. The Kier molecular flexibility index (Phi) is 7.68. The predicted molar refractivity (Wildman–Crippen MR) is 99.4 cm³/mol. The molecule has 0 aliphatic carbocycles. The van der Waals surface area contributed by atoms with Gasteiger partial charge in [0.05, 0.1) is 19.1 Å². The van der Waals surface area contributed by atoms with E-state index in [1.807, 2.05) is 74.5 Å². The van der Waals surface area contributed by atoms with Crippen molar-refractivity contribution in [1.82, 2.24) is 5.32 Å². The van der Waals surface area contributed by atoms with Gasteiger partial charge in [-0.3, -0.25) is 4.79 Å². The van der Waals surface area contributed by atoms with E-state index < -0.39 is 12.1 Å². The van der Waals surface area contributed by atoms with Crippen LogP contribution < -0.4 is 5.32 Å². The smallest absolute Gasteiger partial charge is 0.407 e. The van der Waals surface area contributed by atoms with Crippen LogP contribution in [0.5, 0.6) is 0 Å². The number of carbonyl (C=O) groups excluding carboxylic acids is 2. The Balaban J connectivity index is 1.95. The Labute approximate surface area is 154 Å². The number of esters is 1. The molecule has 0 heterocycles. The maximum Gasteiger partial charge on any atom is 0.407 e. The second-order valence-electron chi connectivity index (χ2n) is 6.45. The minimum absolute atomic E-state index is 0.0527. The molecule has 2 aromatic rings. The third kappa shape index (κ3) is 6.97. The Bertz CT molecular complexity index is 686. The number of rotatable bonds is 8. The molecule has 5 nitrogen and oxygen atoms in total. The first-order valence-electron chi connectivity index (χ1n) is 8.72. The van der Waals surface area contributed by atoms with Crippen molar-refractivity contribution in [2.45, 2.75) is 32.9 Å². The lowest BCUT2D eigenvalue weighted by atomic mass is 10.0. The fourth-order valence-electron chi connectivity index (χ4n) is 2.33. The molecule has 1 N–H and O–H groups in total. The zero-order valence-electron chi connectivity index (χ0n) is 15.2. The highest BCUT2D eigenvalue weighted by molar-refractivity contribution is 5.73. The highest BCUT2D eigenvalue weighted by atomic mass is 16.5. The van der Waals surface area contributed by atoms with Gasteiger partial charge in [-0.25, -0.2) is 4.79 Å². The zero-order chi connectivity index (χ0) is 18.8. The maximum atomic E-state index is 12.2. The molecule has 0 fully saturated rings. The third-order valence-corrected chi connectivity index (χ3v) is 3.66. The lowest BCUT2D eigenvalue weighted by Crippen LogP contribution is -2.31. The second kappa shape index (κ2) is 10.2. The minimum atomic E-state index is -0.570. The van der Waals surface area contributed by atoms with Gasteiger partial charge >= 0.3 is 12.1 Å². The summed E-state index contributed by atoms with van der Waals surface area (Å²) >= 11 is 0. The van der Waals surface area contributed by atoms with Gasteiger partial charge in [0.25, 0.3) is 0 Å². The van der Waals surface area contributed by atoms with Crippen LogP contribution in [0.25, 0.3) is 0 Å². The molecule has 0 aliphatic rings. The van der Waals surface area contributed by atoms with Crippen molar-refractivity contribution in [3.8, 4) is 0 Å². The molecule has 1 atom stereocenters. The lowest BCUT2D eigenvalue weighted by molar-refractivity contribution is -0.145. The monoisotopic (exact) mass is 355 g/mol. The Morgan fingerprint density at radius 1 is 0.923 bits per heavy atom. The molecule has 0 aliphatic heterocycles. The van der Waals surface area contributed by atoms with Crippen LogP contribution in [0.4, 0.5) is 4.79 Å². The first kappa shape index (κ1) is 19.5. The van der Waals surface area contributed by atoms with E-state index in [9.17, 15) is 9.59 Å². The van der Waals surface area contributed by atoms with E-state index in [-0.39, 0.29) is 24.9 Å². The average molecular weight is 355 g/mol. The Morgan fingerprint density at radius 2 is 1.54 bits per heavy atom. The number of alkyl carbamates (subject to hydrolysis) is 1. The van der Waals surface area contributed by atoms with Crippen molar-refractivity contribution in [3.05, 3.63) is 71.8 Å². The quantitative estimate of drug-likeness (QED) is 0.719. The van der Waals surface area contributed by atoms with Gasteiger partial charge in [0.1, 0.15) is 6.61 Å². The number of ether oxygens (including phenoxy) is 2. The van der Waals surface area contributed by atoms with Gasteiger partial charge < -0.3 is 14.8 Å². The first-order valence-corrected chi connectivity index (χ1v) is 8.72. The van der Waals surface area contributed by atoms with Crippen LogP contribution in [-0.2, 0) is 20.9 Å². The van der Waals surface area contributed by atoms with Crippen LogP contribution in [-0.4, -0.2) is 18.7 Å². The Hall–Kier alpha value is -2.82. The molecule has 2 rings (SSSR count). The van der Waals surface area contributed by atoms with E-state index >= 15 is 0 Å². The molecule has 0 radical (unpaired) electrons. The molecule has 0 unspecified atom stereocenters. The molecule has 1 amide bonds. The summed E-state index contributed by atoms with van der Waals surface area (Å²) in [4.78, 5) is 24.2. The van der Waals surface area contributed by atoms with E-state index in [4.69, 9.17) is 9.47 Å². The molecule has 26 heavy (non-hydrogen) atoms. The summed E-state index contributed by atoms with van der Waals surface area (Å²) in [5, 5.41) is 2.76. The largest absolute Gasteiger partial charge is 0.465 e. The van der Waals surface area contributed by atoms with E-state index in [1.54, 1.807) is 0 Å². The van der Waals surface area contributed by atoms with Crippen molar-refractivity contribution < 1.29 is 19.1 Å². The molecule has 0 spiro atoms. The summed E-state index contributed by atoms with van der Waals surface area (Å²) in [6, 6.07) is 18.2. The van der Waals surface area contributed by atoms with Gasteiger partial charge in [-0.2, -0.15) is 0 Å². The number of carbonyl (C=O) groups is 2. The SMILES string of the molecule is CC(C)COC(=O)C[C@H](NC(=O)OCc1ccccc1)c1ccccc1. The van der Waals surface area contributed by atoms with Gasteiger partial charge in [0, 0.05) is 0 Å². The summed E-state index contributed by atoms with van der Waals surface area (Å²) in [5.74, 6) is -0.0890. The predicted octanol–water partition coefficient (Wildman–Crippen LogP) is 4.24. The highest BCUT2D eigenvalue weighted by Crippen LogP contribution is 2.18. The summed E-state index contributed by atoms with van der Waals surface area (Å²) < 4.78 is 10.5. The van der Waals surface area contributed by atoms with E-state index in [2.05, 4.69) is 5.32 Å². The number of hydrogen-bond acceptors (Lipinski definition) is 4. The number of nitrogens with one attached hydrogen (secondary N) is 1.